The third kappa shape index (κ3) is 8.41. The summed E-state index contributed by atoms with van der Waals surface area (Å²) in [5, 5.41) is 8.33. The molecule has 5 nitrogen and oxygen atoms in total. The van der Waals surface area contributed by atoms with Crippen LogP contribution in [0.15, 0.2) is 122 Å². The van der Waals surface area contributed by atoms with Crippen molar-refractivity contribution < 1.29 is 28.9 Å². The van der Waals surface area contributed by atoms with Crippen molar-refractivity contribution >= 4 is 0 Å². The minimum atomic E-state index is -0.649. The molecule has 0 saturated carbocycles. The van der Waals surface area contributed by atoms with E-state index in [0.717, 1.165) is 29.1 Å². The van der Waals surface area contributed by atoms with Crippen LogP contribution in [0.2, 0.25) is 0 Å². The summed E-state index contributed by atoms with van der Waals surface area (Å²) in [6.45, 7) is 0. The number of aromatic nitrogens is 5. The third-order valence-electron chi connectivity index (χ3n) is 4.96. The van der Waals surface area contributed by atoms with Crippen LogP contribution in [0.3, 0.4) is 0 Å². The molecule has 0 bridgehead atoms. The molecule has 192 valence electrons. The Kier molecular flexibility index (Phi) is 11.0. The Bertz CT molecular complexity index is 1530. The smallest absolute Gasteiger partial charge is 0.366 e. The van der Waals surface area contributed by atoms with Gasteiger partial charge in [-0.3, -0.25) is 24.1 Å². The van der Waals surface area contributed by atoms with Crippen molar-refractivity contribution in [2.75, 3.05) is 0 Å². The monoisotopic (exact) mass is 693 g/mol. The summed E-state index contributed by atoms with van der Waals surface area (Å²) in [4.78, 5) is 3.95. The van der Waals surface area contributed by atoms with E-state index in [4.69, 9.17) is 6.42 Å². The topological polar surface area (TPSA) is 48.5 Å². The summed E-state index contributed by atoms with van der Waals surface area (Å²) < 4.78 is 29.3. The molecule has 39 heavy (non-hydrogen) atoms. The van der Waals surface area contributed by atoms with Crippen molar-refractivity contribution in [1.82, 2.24) is 24.5 Å². The SMILES string of the molecule is Fc1c[c-]c(-c2ccccn2)c(F)c1.[C-]#Cc1ccccc1.[Ir+3].[c-]1c(-n2cccn2)cccc1-n1cccn1. The van der Waals surface area contributed by atoms with Gasteiger partial charge >= 0.3 is 20.1 Å². The molecule has 0 N–H and O–H groups in total. The molecular formula is C31H20F2IrN5. The predicted octanol–water partition coefficient (Wildman–Crippen LogP) is 6.31. The number of halogens is 2. The van der Waals surface area contributed by atoms with Crippen LogP contribution in [0.25, 0.3) is 22.6 Å². The zero-order chi connectivity index (χ0) is 26.6. The van der Waals surface area contributed by atoms with E-state index >= 15 is 0 Å². The van der Waals surface area contributed by atoms with Crippen LogP contribution in [0.4, 0.5) is 8.78 Å². The molecule has 0 aliphatic rings. The van der Waals surface area contributed by atoms with Gasteiger partial charge in [-0.15, -0.1) is 48.0 Å². The van der Waals surface area contributed by atoms with E-state index in [1.165, 1.54) is 0 Å². The van der Waals surface area contributed by atoms with Crippen molar-refractivity contribution in [3.8, 4) is 28.6 Å². The first-order valence-electron chi connectivity index (χ1n) is 11.4. The van der Waals surface area contributed by atoms with Gasteiger partial charge in [-0.2, -0.15) is 16.3 Å². The maximum absolute atomic E-state index is 13.2. The van der Waals surface area contributed by atoms with Crippen LogP contribution >= 0.6 is 0 Å². The number of hydrogen-bond donors (Lipinski definition) is 0. The Hall–Kier alpha value is -4.70. The third-order valence-corrected chi connectivity index (χ3v) is 4.96. The van der Waals surface area contributed by atoms with Crippen LogP contribution in [-0.4, -0.2) is 24.5 Å². The van der Waals surface area contributed by atoms with Crippen molar-refractivity contribution in [2.24, 2.45) is 0 Å². The van der Waals surface area contributed by atoms with Crippen LogP contribution in [0.5, 0.6) is 0 Å². The van der Waals surface area contributed by atoms with Gasteiger partial charge in [0.1, 0.15) is 0 Å². The number of rotatable bonds is 3. The Morgan fingerprint density at radius 1 is 0.744 bits per heavy atom. The maximum atomic E-state index is 13.2. The summed E-state index contributed by atoms with van der Waals surface area (Å²) >= 11 is 0. The normalized spacial score (nSPS) is 9.56. The van der Waals surface area contributed by atoms with Gasteiger partial charge in [0.15, 0.2) is 0 Å². The summed E-state index contributed by atoms with van der Waals surface area (Å²) in [6, 6.07) is 31.8. The molecule has 0 spiro atoms. The van der Waals surface area contributed by atoms with E-state index in [1.807, 2.05) is 73.1 Å². The molecule has 3 aromatic carbocycles. The van der Waals surface area contributed by atoms with Crippen molar-refractivity contribution in [3.05, 3.63) is 158 Å². The second-order valence-electron chi connectivity index (χ2n) is 7.57. The Balaban J connectivity index is 0.000000168. The molecule has 0 atom stereocenters. The van der Waals surface area contributed by atoms with E-state index in [9.17, 15) is 8.78 Å². The number of benzene rings is 3. The van der Waals surface area contributed by atoms with Gasteiger partial charge in [0, 0.05) is 42.6 Å². The second-order valence-corrected chi connectivity index (χ2v) is 7.57. The first-order chi connectivity index (χ1) is 18.6. The fraction of sp³-hybridized carbons (Fsp3) is 0. The Labute approximate surface area is 239 Å². The molecule has 0 fully saturated rings. The van der Waals surface area contributed by atoms with Gasteiger partial charge < -0.3 is 11.4 Å². The molecule has 8 heteroatoms. The standard InChI is InChI=1S/C12H9N4.C11H6F2N.C8H5.Ir/c1-4-11(15-8-2-6-13-15)10-12(5-1)16-9-3-7-14-16;12-8-4-5-9(10(13)7-8)11-3-1-2-6-14-11;1-2-8-6-4-3-5-7-8;/h1-9H;1-4,6-7H;3-7H;/q3*-1;+3. The van der Waals surface area contributed by atoms with E-state index in [2.05, 4.69) is 33.2 Å². The second kappa shape index (κ2) is 14.9. The van der Waals surface area contributed by atoms with E-state index < -0.39 is 11.6 Å². The largest absolute Gasteiger partial charge is 3.00 e. The molecule has 3 aromatic heterocycles. The van der Waals surface area contributed by atoms with Gasteiger partial charge in [-0.1, -0.05) is 42.0 Å². The van der Waals surface area contributed by atoms with Gasteiger partial charge in [0.2, 0.25) is 0 Å². The quantitative estimate of drug-likeness (QED) is 0.162. The zero-order valence-corrected chi connectivity index (χ0v) is 22.8. The van der Waals surface area contributed by atoms with Crippen molar-refractivity contribution in [3.63, 3.8) is 0 Å². The average molecular weight is 693 g/mol. The van der Waals surface area contributed by atoms with Gasteiger partial charge in [0.05, 0.1) is 0 Å². The zero-order valence-electron chi connectivity index (χ0n) is 20.4. The summed E-state index contributed by atoms with van der Waals surface area (Å²) in [6.07, 6.45) is 15.5. The van der Waals surface area contributed by atoms with E-state index in [0.29, 0.717) is 5.69 Å². The van der Waals surface area contributed by atoms with Gasteiger partial charge in [-0.05, 0) is 35.3 Å². The summed E-state index contributed by atoms with van der Waals surface area (Å²) in [5.41, 5.74) is 3.26. The molecule has 0 unspecified atom stereocenters. The molecule has 6 aromatic rings. The molecule has 0 aliphatic heterocycles. The van der Waals surface area contributed by atoms with Crippen LogP contribution < -0.4 is 0 Å². The molecule has 0 aliphatic carbocycles. The summed E-state index contributed by atoms with van der Waals surface area (Å²) in [5.74, 6) is 0.991. The minimum Gasteiger partial charge on any atom is -0.366 e. The first-order valence-corrected chi connectivity index (χ1v) is 11.4. The molecule has 0 saturated heterocycles. The van der Waals surface area contributed by atoms with E-state index in [1.54, 1.807) is 46.2 Å². The number of nitrogens with zero attached hydrogens (tertiary/aromatic N) is 5. The summed E-state index contributed by atoms with van der Waals surface area (Å²) in [7, 11) is 0. The average Bonchev–Trinajstić information content (AvgIpc) is 3.70. The van der Waals surface area contributed by atoms with Crippen LogP contribution in [0, 0.1) is 36.1 Å². The number of hydrogen-bond acceptors (Lipinski definition) is 3. The van der Waals surface area contributed by atoms with Gasteiger partial charge in [0.25, 0.3) is 0 Å². The number of pyridine rings is 1. The van der Waals surface area contributed by atoms with Crippen molar-refractivity contribution in [2.45, 2.75) is 0 Å². The molecule has 3 heterocycles. The maximum Gasteiger partial charge on any atom is 3.00 e. The fourth-order valence-electron chi connectivity index (χ4n) is 3.21. The molecule has 6 rings (SSSR count). The molecule has 0 radical (unpaired) electrons. The molecular weight excluding hydrogens is 673 g/mol. The molecule has 0 amide bonds. The Morgan fingerprint density at radius 3 is 1.87 bits per heavy atom. The fourth-order valence-corrected chi connectivity index (χ4v) is 3.21. The Morgan fingerprint density at radius 2 is 1.38 bits per heavy atom. The first kappa shape index (κ1) is 28.9. The van der Waals surface area contributed by atoms with Crippen LogP contribution in [-0.2, 0) is 20.1 Å². The van der Waals surface area contributed by atoms with Crippen LogP contribution in [0.1, 0.15) is 5.56 Å². The van der Waals surface area contributed by atoms with E-state index in [-0.39, 0.29) is 25.7 Å². The minimum absolute atomic E-state index is 0. The van der Waals surface area contributed by atoms with Gasteiger partial charge in [-0.25, -0.2) is 0 Å². The van der Waals surface area contributed by atoms with Crippen molar-refractivity contribution in [1.29, 1.82) is 0 Å². The predicted molar refractivity (Wildman–Crippen MR) is 141 cm³/mol.